The van der Waals surface area contributed by atoms with Gasteiger partial charge in [-0.15, -0.1) is 11.8 Å². The highest BCUT2D eigenvalue weighted by Crippen LogP contribution is 2.47. The number of thioether (sulfide) groups is 1. The molecule has 1 aliphatic heterocycles. The lowest BCUT2D eigenvalue weighted by Gasteiger charge is -2.37. The average Bonchev–Trinajstić information content (AvgIpc) is 2.15. The molecule has 3 atom stereocenters. The van der Waals surface area contributed by atoms with Crippen molar-refractivity contribution in [3.63, 3.8) is 0 Å². The first-order valence-electron chi connectivity index (χ1n) is 6.69. The normalized spacial score (nSPS) is 39.8. The lowest BCUT2D eigenvalue weighted by atomic mass is 9.91. The third-order valence-electron chi connectivity index (χ3n) is 4.36. The van der Waals surface area contributed by atoms with Gasteiger partial charge in [-0.3, -0.25) is 0 Å². The summed E-state index contributed by atoms with van der Waals surface area (Å²) in [5, 5.41) is 0.473. The summed E-state index contributed by atoms with van der Waals surface area (Å²) in [6.07, 6.45) is 0. The van der Waals surface area contributed by atoms with Crippen LogP contribution in [0, 0.1) is 0 Å². The summed E-state index contributed by atoms with van der Waals surface area (Å²) in [6.45, 7) is 19.2. The molecule has 0 bridgehead atoms. The van der Waals surface area contributed by atoms with Crippen molar-refractivity contribution in [2.24, 2.45) is 4.36 Å². The molecule has 0 aromatic carbocycles. The van der Waals surface area contributed by atoms with Crippen molar-refractivity contribution in [2.75, 3.05) is 0 Å². The molecular formula is C14H29NOS2. The zero-order valence-corrected chi connectivity index (χ0v) is 15.0. The Morgan fingerprint density at radius 3 is 1.94 bits per heavy atom. The lowest BCUT2D eigenvalue weighted by molar-refractivity contribution is 0.418. The Kier molecular flexibility index (Phi) is 4.00. The molecule has 0 aromatic heterocycles. The molecule has 0 radical (unpaired) electrons. The van der Waals surface area contributed by atoms with Crippen LogP contribution in [0.2, 0.25) is 0 Å². The standard InChI is InChI=1S/C14H29NOS2/c1-10-11(2)18(16,12(3,4)5)15-13(6,7)14(8,9)17-10/h10-11H,1-9H3. The fourth-order valence-corrected chi connectivity index (χ4v) is 7.30. The molecule has 1 aliphatic rings. The van der Waals surface area contributed by atoms with Gasteiger partial charge < -0.3 is 0 Å². The van der Waals surface area contributed by atoms with Crippen molar-refractivity contribution < 1.29 is 4.21 Å². The van der Waals surface area contributed by atoms with Crippen molar-refractivity contribution in [1.29, 1.82) is 0 Å². The number of hydrogen-bond donors (Lipinski definition) is 0. The van der Waals surface area contributed by atoms with E-state index in [1.807, 2.05) is 11.8 Å². The van der Waals surface area contributed by atoms with Crippen LogP contribution in [0.3, 0.4) is 0 Å². The van der Waals surface area contributed by atoms with Gasteiger partial charge in [-0.1, -0.05) is 6.92 Å². The molecule has 0 spiro atoms. The van der Waals surface area contributed by atoms with E-state index in [2.05, 4.69) is 62.3 Å². The van der Waals surface area contributed by atoms with Crippen LogP contribution < -0.4 is 0 Å². The molecule has 2 nitrogen and oxygen atoms in total. The molecule has 3 unspecified atom stereocenters. The highest BCUT2D eigenvalue weighted by Gasteiger charge is 2.48. The predicted octanol–water partition coefficient (Wildman–Crippen LogP) is 4.33. The molecule has 1 rings (SSSR count). The number of nitrogens with zero attached hydrogens (tertiary/aromatic N) is 1. The molecule has 1 heterocycles. The summed E-state index contributed by atoms with van der Waals surface area (Å²) in [7, 11) is -2.25. The van der Waals surface area contributed by atoms with Crippen molar-refractivity contribution >= 4 is 21.5 Å². The van der Waals surface area contributed by atoms with Crippen LogP contribution in [0.25, 0.3) is 0 Å². The molecule has 0 aliphatic carbocycles. The minimum atomic E-state index is -2.25. The maximum Gasteiger partial charge on any atom is 0.0787 e. The van der Waals surface area contributed by atoms with E-state index < -0.39 is 9.73 Å². The molecule has 0 amide bonds. The minimum Gasteiger partial charge on any atom is -0.249 e. The van der Waals surface area contributed by atoms with E-state index in [-0.39, 0.29) is 20.3 Å². The van der Waals surface area contributed by atoms with Crippen LogP contribution in [0.5, 0.6) is 0 Å². The Morgan fingerprint density at radius 1 is 1.11 bits per heavy atom. The fraction of sp³-hybridized carbons (Fsp3) is 1.00. The first-order valence-corrected chi connectivity index (χ1v) is 9.15. The van der Waals surface area contributed by atoms with Crippen LogP contribution in [0.1, 0.15) is 62.3 Å². The molecule has 0 saturated carbocycles. The van der Waals surface area contributed by atoms with Gasteiger partial charge in [0.05, 0.1) is 20.5 Å². The quantitative estimate of drug-likeness (QED) is 0.664. The van der Waals surface area contributed by atoms with Crippen molar-refractivity contribution in [3.05, 3.63) is 0 Å². The average molecular weight is 292 g/mol. The van der Waals surface area contributed by atoms with Crippen LogP contribution in [-0.2, 0) is 9.73 Å². The molecule has 0 N–H and O–H groups in total. The van der Waals surface area contributed by atoms with E-state index in [0.29, 0.717) is 5.25 Å². The zero-order chi connectivity index (χ0) is 14.6. The predicted molar refractivity (Wildman–Crippen MR) is 85.0 cm³/mol. The molecule has 0 fully saturated rings. The largest absolute Gasteiger partial charge is 0.249 e. The van der Waals surface area contributed by atoms with Crippen LogP contribution in [0.4, 0.5) is 0 Å². The molecule has 0 aromatic rings. The summed E-state index contributed by atoms with van der Waals surface area (Å²) in [4.78, 5) is 0. The van der Waals surface area contributed by atoms with E-state index in [9.17, 15) is 4.21 Å². The van der Waals surface area contributed by atoms with Gasteiger partial charge in [0, 0.05) is 14.7 Å². The Morgan fingerprint density at radius 2 is 1.56 bits per heavy atom. The summed E-state index contributed by atoms with van der Waals surface area (Å²) < 4.78 is 18.1. The van der Waals surface area contributed by atoms with E-state index in [4.69, 9.17) is 4.36 Å². The highest BCUT2D eigenvalue weighted by molar-refractivity contribution is 8.03. The van der Waals surface area contributed by atoms with E-state index in [1.54, 1.807) is 0 Å². The Bertz CT molecular complexity index is 437. The van der Waals surface area contributed by atoms with Gasteiger partial charge in [0.15, 0.2) is 0 Å². The maximum absolute atomic E-state index is 13.5. The van der Waals surface area contributed by atoms with Crippen molar-refractivity contribution in [1.82, 2.24) is 0 Å². The van der Waals surface area contributed by atoms with Gasteiger partial charge in [-0.25, -0.2) is 8.57 Å². The SMILES string of the molecule is CC1SC(C)(C)C(C)(C)N=S(=O)(C(C)(C)C)C1C. The smallest absolute Gasteiger partial charge is 0.0787 e. The summed E-state index contributed by atoms with van der Waals surface area (Å²) in [5.41, 5.74) is -0.277. The number of rotatable bonds is 0. The molecule has 108 valence electrons. The van der Waals surface area contributed by atoms with Crippen LogP contribution in [0.15, 0.2) is 4.36 Å². The molecule has 18 heavy (non-hydrogen) atoms. The molecule has 4 heteroatoms. The monoisotopic (exact) mass is 291 g/mol. The fourth-order valence-electron chi connectivity index (χ4n) is 2.19. The Labute approximate surface area is 118 Å². The van der Waals surface area contributed by atoms with Crippen LogP contribution >= 0.6 is 11.8 Å². The second-order valence-corrected chi connectivity index (χ2v) is 12.7. The Hall–Kier alpha value is 0.300. The zero-order valence-electron chi connectivity index (χ0n) is 13.3. The van der Waals surface area contributed by atoms with Gasteiger partial charge in [-0.05, 0) is 55.4 Å². The summed E-state index contributed by atoms with van der Waals surface area (Å²) in [5.74, 6) is 0. The minimum absolute atomic E-state index is 0.00505. The second kappa shape index (κ2) is 4.41. The van der Waals surface area contributed by atoms with E-state index in [1.165, 1.54) is 0 Å². The number of hydrogen-bond acceptors (Lipinski definition) is 3. The first kappa shape index (κ1) is 16.4. The van der Waals surface area contributed by atoms with Gasteiger partial charge in [-0.2, -0.15) is 0 Å². The van der Waals surface area contributed by atoms with Gasteiger partial charge in [0.2, 0.25) is 0 Å². The molecule has 0 saturated heterocycles. The van der Waals surface area contributed by atoms with Crippen LogP contribution in [-0.4, -0.2) is 29.7 Å². The van der Waals surface area contributed by atoms with Gasteiger partial charge >= 0.3 is 0 Å². The molecular weight excluding hydrogens is 262 g/mol. The lowest BCUT2D eigenvalue weighted by Crippen LogP contribution is -2.42. The van der Waals surface area contributed by atoms with Gasteiger partial charge in [0.25, 0.3) is 0 Å². The first-order chi connectivity index (χ1) is 7.75. The summed E-state index contributed by atoms with van der Waals surface area (Å²) >= 11 is 1.92. The van der Waals surface area contributed by atoms with Crippen molar-refractivity contribution in [3.8, 4) is 0 Å². The summed E-state index contributed by atoms with van der Waals surface area (Å²) in [6, 6.07) is 0. The van der Waals surface area contributed by atoms with Crippen molar-refractivity contribution in [2.45, 2.75) is 87.8 Å². The third kappa shape index (κ3) is 2.47. The van der Waals surface area contributed by atoms with E-state index in [0.717, 1.165) is 0 Å². The third-order valence-corrected chi connectivity index (χ3v) is 10.3. The maximum atomic E-state index is 13.5. The Balaban J connectivity index is 3.58. The highest BCUT2D eigenvalue weighted by atomic mass is 32.2. The van der Waals surface area contributed by atoms with E-state index >= 15 is 0 Å². The van der Waals surface area contributed by atoms with Gasteiger partial charge in [0.1, 0.15) is 0 Å². The topological polar surface area (TPSA) is 29.4 Å². The second-order valence-electron chi connectivity index (χ2n) is 7.37.